The number of hydrogen-bond donors (Lipinski definition) is 1. The SMILES string of the molecule is CC1=C(C(=O)OCc2ccccc2)C(c2ccccc2Cl)N2C(CC(=O)NC(C)C)=CSC2=N1. The predicted molar refractivity (Wildman–Crippen MR) is 136 cm³/mol. The van der Waals surface area contributed by atoms with Gasteiger partial charge in [-0.1, -0.05) is 71.9 Å². The first-order valence-electron chi connectivity index (χ1n) is 11.0. The van der Waals surface area contributed by atoms with Crippen LogP contribution >= 0.6 is 23.4 Å². The van der Waals surface area contributed by atoms with E-state index in [0.29, 0.717) is 21.5 Å². The van der Waals surface area contributed by atoms with Crippen molar-refractivity contribution in [1.82, 2.24) is 10.2 Å². The zero-order valence-electron chi connectivity index (χ0n) is 19.2. The number of esters is 1. The molecule has 2 aromatic carbocycles. The number of ether oxygens (including phenoxy) is 1. The molecule has 1 atom stereocenters. The smallest absolute Gasteiger partial charge is 0.338 e. The number of aliphatic imine (C=N–C) groups is 1. The third-order valence-corrected chi connectivity index (χ3v) is 6.66. The second-order valence-corrected chi connectivity index (χ2v) is 9.62. The van der Waals surface area contributed by atoms with Gasteiger partial charge in [0.2, 0.25) is 5.91 Å². The fourth-order valence-electron chi connectivity index (χ4n) is 3.96. The van der Waals surface area contributed by atoms with Crippen molar-refractivity contribution in [3.63, 3.8) is 0 Å². The van der Waals surface area contributed by atoms with Crippen LogP contribution in [0.15, 0.2) is 82.0 Å². The van der Waals surface area contributed by atoms with E-state index >= 15 is 0 Å². The largest absolute Gasteiger partial charge is 0.457 e. The van der Waals surface area contributed by atoms with Crippen molar-refractivity contribution in [2.45, 2.75) is 45.9 Å². The molecule has 0 aromatic heterocycles. The maximum Gasteiger partial charge on any atom is 0.338 e. The normalized spacial score (nSPS) is 17.3. The molecule has 2 aliphatic rings. The Kier molecular flexibility index (Phi) is 7.44. The van der Waals surface area contributed by atoms with E-state index in [2.05, 4.69) is 10.3 Å². The minimum Gasteiger partial charge on any atom is -0.457 e. The summed E-state index contributed by atoms with van der Waals surface area (Å²) in [5.74, 6) is -0.558. The third-order valence-electron chi connectivity index (χ3n) is 5.42. The Labute approximate surface area is 208 Å². The third kappa shape index (κ3) is 5.21. The number of carbonyl (C=O) groups excluding carboxylic acids is 2. The minimum atomic E-state index is -0.558. The number of thioether (sulfide) groups is 1. The molecule has 0 saturated carbocycles. The Balaban J connectivity index is 1.69. The van der Waals surface area contributed by atoms with E-state index in [1.54, 1.807) is 13.0 Å². The van der Waals surface area contributed by atoms with E-state index in [1.165, 1.54) is 11.8 Å². The lowest BCUT2D eigenvalue weighted by Gasteiger charge is -2.36. The first-order chi connectivity index (χ1) is 16.3. The van der Waals surface area contributed by atoms with Crippen LogP contribution in [0, 0.1) is 0 Å². The molecule has 0 aliphatic carbocycles. The maximum absolute atomic E-state index is 13.4. The van der Waals surface area contributed by atoms with E-state index in [4.69, 9.17) is 16.3 Å². The Morgan fingerprint density at radius 1 is 1.15 bits per heavy atom. The van der Waals surface area contributed by atoms with Gasteiger partial charge in [-0.3, -0.25) is 4.79 Å². The number of rotatable bonds is 7. The van der Waals surface area contributed by atoms with Crippen LogP contribution in [0.3, 0.4) is 0 Å². The topological polar surface area (TPSA) is 71.0 Å². The van der Waals surface area contributed by atoms with Crippen LogP contribution in [0.2, 0.25) is 5.02 Å². The quantitative estimate of drug-likeness (QED) is 0.508. The number of fused-ring (bicyclic) bond motifs is 1. The molecular formula is C26H26ClN3O3S. The number of allylic oxidation sites excluding steroid dienone is 1. The van der Waals surface area contributed by atoms with Gasteiger partial charge in [0.1, 0.15) is 6.61 Å². The first-order valence-corrected chi connectivity index (χ1v) is 12.3. The molecule has 176 valence electrons. The van der Waals surface area contributed by atoms with E-state index in [9.17, 15) is 9.59 Å². The van der Waals surface area contributed by atoms with Crippen molar-refractivity contribution in [2.24, 2.45) is 4.99 Å². The van der Waals surface area contributed by atoms with Gasteiger partial charge in [-0.15, -0.1) is 0 Å². The van der Waals surface area contributed by atoms with Crippen LogP contribution in [-0.2, 0) is 20.9 Å². The Morgan fingerprint density at radius 2 is 1.85 bits per heavy atom. The summed E-state index contributed by atoms with van der Waals surface area (Å²) in [6, 6.07) is 16.4. The number of nitrogens with one attached hydrogen (secondary N) is 1. The van der Waals surface area contributed by atoms with Crippen molar-refractivity contribution in [2.75, 3.05) is 0 Å². The van der Waals surface area contributed by atoms with Gasteiger partial charge in [0.15, 0.2) is 5.17 Å². The molecule has 1 unspecified atom stereocenters. The fourth-order valence-corrected chi connectivity index (χ4v) is 5.16. The number of amides is 1. The first kappa shape index (κ1) is 24.1. The Morgan fingerprint density at radius 3 is 2.56 bits per heavy atom. The molecule has 0 saturated heterocycles. The van der Waals surface area contributed by atoms with Gasteiger partial charge in [-0.2, -0.15) is 0 Å². The van der Waals surface area contributed by atoms with Crippen molar-refractivity contribution >= 4 is 40.4 Å². The summed E-state index contributed by atoms with van der Waals surface area (Å²) < 4.78 is 5.71. The second-order valence-electron chi connectivity index (χ2n) is 8.38. The molecule has 34 heavy (non-hydrogen) atoms. The fraction of sp³-hybridized carbons (Fsp3) is 0.269. The summed E-state index contributed by atoms with van der Waals surface area (Å²) in [5, 5.41) is 6.07. The predicted octanol–water partition coefficient (Wildman–Crippen LogP) is 5.57. The summed E-state index contributed by atoms with van der Waals surface area (Å²) in [5.41, 5.74) is 3.38. The lowest BCUT2D eigenvalue weighted by atomic mass is 9.93. The highest BCUT2D eigenvalue weighted by molar-refractivity contribution is 8.16. The number of benzene rings is 2. The van der Waals surface area contributed by atoms with Crippen molar-refractivity contribution < 1.29 is 14.3 Å². The van der Waals surface area contributed by atoms with Crippen molar-refractivity contribution in [3.8, 4) is 0 Å². The van der Waals surface area contributed by atoms with Crippen molar-refractivity contribution in [3.05, 3.63) is 93.1 Å². The molecule has 0 bridgehead atoms. The number of halogens is 1. The van der Waals surface area contributed by atoms with Crippen LogP contribution in [-0.4, -0.2) is 28.0 Å². The molecule has 8 heteroatoms. The molecule has 0 spiro atoms. The number of hydrogen-bond acceptors (Lipinski definition) is 6. The van der Waals surface area contributed by atoms with Gasteiger partial charge >= 0.3 is 5.97 Å². The lowest BCUT2D eigenvalue weighted by molar-refractivity contribution is -0.141. The van der Waals surface area contributed by atoms with Gasteiger partial charge in [0.25, 0.3) is 0 Å². The van der Waals surface area contributed by atoms with Gasteiger partial charge in [0.05, 0.1) is 23.7 Å². The van der Waals surface area contributed by atoms with E-state index in [0.717, 1.165) is 16.8 Å². The molecule has 4 rings (SSSR count). The molecule has 2 aromatic rings. The number of amidine groups is 1. The van der Waals surface area contributed by atoms with Gasteiger partial charge in [-0.25, -0.2) is 9.79 Å². The minimum absolute atomic E-state index is 0.0293. The number of carbonyl (C=O) groups is 2. The van der Waals surface area contributed by atoms with Crippen LogP contribution in [0.4, 0.5) is 0 Å². The summed E-state index contributed by atoms with van der Waals surface area (Å²) in [6.45, 7) is 5.79. The zero-order valence-corrected chi connectivity index (χ0v) is 20.8. The zero-order chi connectivity index (χ0) is 24.2. The molecule has 1 amide bonds. The van der Waals surface area contributed by atoms with Gasteiger partial charge in [0, 0.05) is 16.8 Å². The van der Waals surface area contributed by atoms with E-state index in [-0.39, 0.29) is 25.0 Å². The summed E-state index contributed by atoms with van der Waals surface area (Å²) in [6.07, 6.45) is 0.163. The summed E-state index contributed by atoms with van der Waals surface area (Å²) in [7, 11) is 0. The van der Waals surface area contributed by atoms with Crippen LogP contribution in [0.25, 0.3) is 0 Å². The molecule has 1 N–H and O–H groups in total. The Hall–Kier alpha value is -3.03. The van der Waals surface area contributed by atoms with E-state index < -0.39 is 12.0 Å². The van der Waals surface area contributed by atoms with Gasteiger partial charge < -0.3 is 15.0 Å². The molecule has 0 fully saturated rings. The van der Waals surface area contributed by atoms with Gasteiger partial charge in [-0.05, 0) is 43.4 Å². The standard InChI is InChI=1S/C26H26ClN3O3S/c1-16(2)28-22(31)13-19-15-34-26-29-17(3)23(25(32)33-14-18-9-5-4-6-10-18)24(30(19)26)20-11-7-8-12-21(20)27/h4-12,15-16,24H,13-14H2,1-3H3,(H,28,31). The highest BCUT2D eigenvalue weighted by Gasteiger charge is 2.41. The molecule has 2 aliphatic heterocycles. The summed E-state index contributed by atoms with van der Waals surface area (Å²) >= 11 is 8.05. The van der Waals surface area contributed by atoms with Crippen molar-refractivity contribution in [1.29, 1.82) is 0 Å². The average Bonchev–Trinajstić information content (AvgIpc) is 3.19. The lowest BCUT2D eigenvalue weighted by Crippen LogP contribution is -2.38. The summed E-state index contributed by atoms with van der Waals surface area (Å²) in [4.78, 5) is 32.6. The van der Waals surface area contributed by atoms with E-state index in [1.807, 2.05) is 72.7 Å². The van der Waals surface area contributed by atoms with Crippen LogP contribution < -0.4 is 5.32 Å². The maximum atomic E-state index is 13.4. The highest BCUT2D eigenvalue weighted by Crippen LogP contribution is 2.46. The Bertz CT molecular complexity index is 1190. The molecule has 0 radical (unpaired) electrons. The second kappa shape index (κ2) is 10.5. The monoisotopic (exact) mass is 495 g/mol. The van der Waals surface area contributed by atoms with Crippen LogP contribution in [0.1, 0.15) is 44.4 Å². The molecular weight excluding hydrogens is 470 g/mol. The molecule has 2 heterocycles. The highest BCUT2D eigenvalue weighted by atomic mass is 35.5. The average molecular weight is 496 g/mol. The van der Waals surface area contributed by atoms with Crippen LogP contribution in [0.5, 0.6) is 0 Å². The molecule has 6 nitrogen and oxygen atoms in total. The number of nitrogens with zero attached hydrogens (tertiary/aromatic N) is 2.